The molecule has 3 heterocycles. The van der Waals surface area contributed by atoms with Gasteiger partial charge in [-0.15, -0.1) is 0 Å². The third-order valence-corrected chi connectivity index (χ3v) is 4.10. The number of hydrogen-bond donors (Lipinski definition) is 3. The minimum atomic E-state index is -1.13. The van der Waals surface area contributed by atoms with Crippen LogP contribution in [-0.4, -0.2) is 73.1 Å². The first-order valence-electron chi connectivity index (χ1n) is 7.53. The number of rotatable bonds is 5. The average molecular weight is 333 g/mol. The van der Waals surface area contributed by atoms with Gasteiger partial charge in [0.05, 0.1) is 12.4 Å². The molecule has 10 heteroatoms. The van der Waals surface area contributed by atoms with Crippen LogP contribution in [0, 0.1) is 11.3 Å². The molecule has 0 spiro atoms. The summed E-state index contributed by atoms with van der Waals surface area (Å²) in [5.74, 6) is 0.236. The Labute approximate surface area is 138 Å². The number of imidazole rings is 1. The number of ether oxygens (including phenoxy) is 1. The van der Waals surface area contributed by atoms with Gasteiger partial charge in [0, 0.05) is 19.5 Å². The maximum atomic E-state index is 10.3. The summed E-state index contributed by atoms with van der Waals surface area (Å²) in [6.45, 7) is 0.946. The third-order valence-electron chi connectivity index (χ3n) is 4.10. The number of fused-ring (bicyclic) bond motifs is 1. The first kappa shape index (κ1) is 16.5. The number of nitrogens with two attached hydrogens (primary N) is 1. The number of anilines is 1. The van der Waals surface area contributed by atoms with E-state index in [-0.39, 0.29) is 5.82 Å². The Hall–Kier alpha value is -2.32. The van der Waals surface area contributed by atoms with Crippen molar-refractivity contribution in [2.24, 2.45) is 0 Å². The second-order valence-corrected chi connectivity index (χ2v) is 5.80. The van der Waals surface area contributed by atoms with Crippen molar-refractivity contribution in [3.05, 3.63) is 12.7 Å². The minimum absolute atomic E-state index is 0.236. The number of nitrogens with zero attached hydrogens (tertiary/aromatic N) is 6. The molecule has 1 aliphatic rings. The van der Waals surface area contributed by atoms with Crippen LogP contribution in [0.1, 0.15) is 12.6 Å². The van der Waals surface area contributed by atoms with Crippen LogP contribution in [0.5, 0.6) is 0 Å². The first-order valence-corrected chi connectivity index (χ1v) is 7.53. The molecule has 1 fully saturated rings. The Bertz CT molecular complexity index is 758. The summed E-state index contributed by atoms with van der Waals surface area (Å²) >= 11 is 0. The maximum Gasteiger partial charge on any atom is 0.167 e. The van der Waals surface area contributed by atoms with Crippen LogP contribution in [0.15, 0.2) is 12.7 Å². The van der Waals surface area contributed by atoms with E-state index < -0.39 is 24.5 Å². The van der Waals surface area contributed by atoms with Crippen LogP contribution in [-0.2, 0) is 4.74 Å². The lowest BCUT2D eigenvalue weighted by molar-refractivity contribution is -0.0420. The number of likely N-dealkylation sites (N-methyl/N-ethyl adjacent to an activating group) is 1. The topological polar surface area (TPSA) is 146 Å². The number of nitrogen functional groups attached to an aromatic ring is 1. The zero-order valence-electron chi connectivity index (χ0n) is 13.1. The van der Waals surface area contributed by atoms with E-state index in [9.17, 15) is 10.2 Å². The van der Waals surface area contributed by atoms with E-state index in [1.54, 1.807) is 0 Å². The molecule has 4 N–H and O–H groups in total. The number of hydrogen-bond acceptors (Lipinski definition) is 9. The van der Waals surface area contributed by atoms with Crippen molar-refractivity contribution in [2.45, 2.75) is 31.0 Å². The fraction of sp³-hybridized carbons (Fsp3) is 0.571. The Morgan fingerprint density at radius 1 is 1.38 bits per heavy atom. The highest BCUT2D eigenvalue weighted by Crippen LogP contribution is 2.32. The van der Waals surface area contributed by atoms with Gasteiger partial charge < -0.3 is 25.6 Å². The predicted molar refractivity (Wildman–Crippen MR) is 83.4 cm³/mol. The summed E-state index contributed by atoms with van der Waals surface area (Å²) in [6, 6.07) is 2.07. The Morgan fingerprint density at radius 3 is 2.92 bits per heavy atom. The normalized spacial score (nSPS) is 27.0. The van der Waals surface area contributed by atoms with Crippen molar-refractivity contribution in [1.29, 1.82) is 5.26 Å². The quantitative estimate of drug-likeness (QED) is 0.618. The van der Waals surface area contributed by atoms with Gasteiger partial charge in [0.2, 0.25) is 0 Å². The van der Waals surface area contributed by atoms with Gasteiger partial charge in [-0.25, -0.2) is 15.0 Å². The van der Waals surface area contributed by atoms with E-state index in [2.05, 4.69) is 21.0 Å². The molecule has 2 aromatic rings. The van der Waals surface area contributed by atoms with Crippen LogP contribution < -0.4 is 5.73 Å². The molecule has 4 unspecified atom stereocenters. The first-order chi connectivity index (χ1) is 11.5. The monoisotopic (exact) mass is 333 g/mol. The van der Waals surface area contributed by atoms with E-state index in [1.165, 1.54) is 17.2 Å². The zero-order chi connectivity index (χ0) is 17.3. The van der Waals surface area contributed by atoms with Crippen molar-refractivity contribution in [3.63, 3.8) is 0 Å². The largest absolute Gasteiger partial charge is 0.387 e. The average Bonchev–Trinajstić information content (AvgIpc) is 3.10. The summed E-state index contributed by atoms with van der Waals surface area (Å²) < 4.78 is 7.36. The lowest BCUT2D eigenvalue weighted by atomic mass is 10.1. The maximum absolute atomic E-state index is 10.3. The fourth-order valence-corrected chi connectivity index (χ4v) is 2.81. The molecule has 1 aliphatic heterocycles. The molecule has 0 aliphatic carbocycles. The highest BCUT2D eigenvalue weighted by atomic mass is 16.6. The standard InChI is InChI=1S/C14H19N7O3/c1-20(4-2-3-15)5-8-10(22)11(23)14(24-8)21-7-19-9-12(16)17-6-18-13(9)21/h6-8,10-11,14,22-23H,2,4-5H2,1H3,(H2,16,17,18). The molecule has 10 nitrogen and oxygen atoms in total. The summed E-state index contributed by atoms with van der Waals surface area (Å²) in [5, 5.41) is 29.2. The van der Waals surface area contributed by atoms with E-state index >= 15 is 0 Å². The Balaban J connectivity index is 1.79. The highest BCUT2D eigenvalue weighted by molar-refractivity contribution is 5.81. The van der Waals surface area contributed by atoms with Gasteiger partial charge in [0.25, 0.3) is 0 Å². The van der Waals surface area contributed by atoms with Crippen molar-refractivity contribution < 1.29 is 14.9 Å². The number of aromatic nitrogens is 4. The summed E-state index contributed by atoms with van der Waals surface area (Å²) in [7, 11) is 1.83. The number of aliphatic hydroxyl groups is 2. The van der Waals surface area contributed by atoms with Crippen LogP contribution in [0.4, 0.5) is 5.82 Å². The lowest BCUT2D eigenvalue weighted by Crippen LogP contribution is -2.38. The van der Waals surface area contributed by atoms with E-state index in [0.717, 1.165) is 0 Å². The van der Waals surface area contributed by atoms with Gasteiger partial charge in [-0.2, -0.15) is 5.26 Å². The number of nitriles is 1. The van der Waals surface area contributed by atoms with Gasteiger partial charge in [-0.3, -0.25) is 4.57 Å². The second-order valence-electron chi connectivity index (χ2n) is 5.80. The molecule has 4 atom stereocenters. The van der Waals surface area contributed by atoms with Crippen LogP contribution in [0.25, 0.3) is 11.2 Å². The summed E-state index contributed by atoms with van der Waals surface area (Å²) in [5.41, 5.74) is 6.60. The molecule has 0 amide bonds. The minimum Gasteiger partial charge on any atom is -0.387 e. The molecule has 0 bridgehead atoms. The van der Waals surface area contributed by atoms with Crippen molar-refractivity contribution in [2.75, 3.05) is 25.9 Å². The van der Waals surface area contributed by atoms with Gasteiger partial charge in [-0.05, 0) is 7.05 Å². The second kappa shape index (κ2) is 6.66. The lowest BCUT2D eigenvalue weighted by Gasteiger charge is -2.21. The summed E-state index contributed by atoms with van der Waals surface area (Å²) in [4.78, 5) is 14.0. The Morgan fingerprint density at radius 2 is 2.17 bits per heavy atom. The Kier molecular flexibility index (Phi) is 4.59. The van der Waals surface area contributed by atoms with Gasteiger partial charge in [-0.1, -0.05) is 0 Å². The molecule has 1 saturated heterocycles. The smallest absolute Gasteiger partial charge is 0.167 e. The zero-order valence-corrected chi connectivity index (χ0v) is 13.1. The molecule has 24 heavy (non-hydrogen) atoms. The van der Waals surface area contributed by atoms with Crippen molar-refractivity contribution in [3.8, 4) is 6.07 Å². The summed E-state index contributed by atoms with van der Waals surface area (Å²) in [6.07, 6.45) is -0.463. The molecule has 3 rings (SSSR count). The SMILES string of the molecule is CN(CCC#N)CC1OC(n2cnc3c(N)ncnc32)C(O)C1O. The van der Waals surface area contributed by atoms with Crippen LogP contribution in [0.3, 0.4) is 0 Å². The van der Waals surface area contributed by atoms with Gasteiger partial charge in [0.15, 0.2) is 17.7 Å². The van der Waals surface area contributed by atoms with Crippen LogP contribution >= 0.6 is 0 Å². The molecular formula is C14H19N7O3. The highest BCUT2D eigenvalue weighted by Gasteiger charge is 2.44. The van der Waals surface area contributed by atoms with E-state index in [0.29, 0.717) is 30.7 Å². The molecule has 0 saturated carbocycles. The molecule has 0 radical (unpaired) electrons. The fourth-order valence-electron chi connectivity index (χ4n) is 2.81. The van der Waals surface area contributed by atoms with E-state index in [1.807, 2.05) is 11.9 Å². The van der Waals surface area contributed by atoms with E-state index in [4.69, 9.17) is 15.7 Å². The van der Waals surface area contributed by atoms with Crippen molar-refractivity contribution >= 4 is 17.0 Å². The van der Waals surface area contributed by atoms with Gasteiger partial charge >= 0.3 is 0 Å². The third kappa shape index (κ3) is 2.90. The van der Waals surface area contributed by atoms with Crippen molar-refractivity contribution in [1.82, 2.24) is 24.4 Å². The molecule has 128 valence electrons. The molecule has 0 aromatic carbocycles. The molecule has 2 aromatic heterocycles. The van der Waals surface area contributed by atoms with Gasteiger partial charge in [0.1, 0.15) is 30.2 Å². The van der Waals surface area contributed by atoms with Crippen LogP contribution in [0.2, 0.25) is 0 Å². The molecular weight excluding hydrogens is 314 g/mol. The predicted octanol–water partition coefficient (Wildman–Crippen LogP) is -1.13. The number of aliphatic hydroxyl groups excluding tert-OH is 2.